The second-order valence-corrected chi connectivity index (χ2v) is 8.08. The summed E-state index contributed by atoms with van der Waals surface area (Å²) in [6, 6.07) is 3.31. The molecule has 0 spiro atoms. The number of carbonyl (C=O) groups is 3. The molecule has 154 valence electrons. The van der Waals surface area contributed by atoms with E-state index in [2.05, 4.69) is 14.2 Å². The molecule has 0 radical (unpaired) electrons. The number of methoxy groups -OCH3 is 2. The number of esters is 2. The first kappa shape index (κ1) is 21.8. The Morgan fingerprint density at radius 1 is 1.07 bits per heavy atom. The van der Waals surface area contributed by atoms with E-state index < -0.39 is 33.3 Å². The maximum atomic E-state index is 12.8. The lowest BCUT2D eigenvalue weighted by Gasteiger charge is -2.34. The molecular weight excluding hydrogens is 392 g/mol. The van der Waals surface area contributed by atoms with Crippen molar-refractivity contribution in [2.24, 2.45) is 11.1 Å². The van der Waals surface area contributed by atoms with E-state index in [4.69, 9.17) is 10.5 Å². The summed E-state index contributed by atoms with van der Waals surface area (Å²) in [6.07, 6.45) is 0.556. The molecule has 1 aromatic rings. The van der Waals surface area contributed by atoms with Crippen LogP contribution < -0.4 is 10.5 Å². The van der Waals surface area contributed by atoms with E-state index in [-0.39, 0.29) is 48.6 Å². The summed E-state index contributed by atoms with van der Waals surface area (Å²) in [7, 11) is -1.92. The Kier molecular flexibility index (Phi) is 6.75. The van der Waals surface area contributed by atoms with Gasteiger partial charge in [0.1, 0.15) is 0 Å². The normalized spacial score (nSPS) is 16.2. The second-order valence-electron chi connectivity index (χ2n) is 6.31. The lowest BCUT2D eigenvalue weighted by molar-refractivity contribution is -0.132. The summed E-state index contributed by atoms with van der Waals surface area (Å²) in [5.74, 6) is -2.27. The lowest BCUT2D eigenvalue weighted by Crippen LogP contribution is -2.49. The summed E-state index contributed by atoms with van der Waals surface area (Å²) in [4.78, 5) is 35.2. The van der Waals surface area contributed by atoms with Crippen LogP contribution in [0.15, 0.2) is 23.1 Å². The van der Waals surface area contributed by atoms with Crippen LogP contribution in [0.2, 0.25) is 0 Å². The van der Waals surface area contributed by atoms with Crippen LogP contribution in [0.5, 0.6) is 0 Å². The van der Waals surface area contributed by atoms with Gasteiger partial charge in [-0.25, -0.2) is 22.7 Å². The molecule has 1 amide bonds. The maximum absolute atomic E-state index is 12.8. The topological polar surface area (TPSA) is 151 Å². The Morgan fingerprint density at radius 2 is 1.57 bits per heavy atom. The van der Waals surface area contributed by atoms with E-state index in [0.717, 1.165) is 26.4 Å². The molecule has 1 aliphatic rings. The molecule has 0 unspecified atom stereocenters. The molecule has 0 aromatic heterocycles. The van der Waals surface area contributed by atoms with E-state index in [0.29, 0.717) is 0 Å². The molecule has 1 heterocycles. The van der Waals surface area contributed by atoms with Gasteiger partial charge in [0, 0.05) is 19.8 Å². The van der Waals surface area contributed by atoms with Crippen molar-refractivity contribution in [1.29, 1.82) is 0 Å². The predicted octanol–water partition coefficient (Wildman–Crippen LogP) is -0.180. The van der Waals surface area contributed by atoms with Gasteiger partial charge >= 0.3 is 11.9 Å². The number of amides is 1. The summed E-state index contributed by atoms with van der Waals surface area (Å²) < 4.78 is 42.3. The fourth-order valence-corrected chi connectivity index (χ4v) is 4.01. The zero-order valence-electron chi connectivity index (χ0n) is 15.5. The minimum absolute atomic E-state index is 0.138. The van der Waals surface area contributed by atoms with Crippen molar-refractivity contribution < 1.29 is 37.0 Å². The van der Waals surface area contributed by atoms with Gasteiger partial charge in [0.05, 0.1) is 35.7 Å². The van der Waals surface area contributed by atoms with Gasteiger partial charge in [-0.1, -0.05) is 0 Å². The molecule has 11 heteroatoms. The third-order valence-corrected chi connectivity index (χ3v) is 6.01. The molecule has 2 rings (SSSR count). The SMILES string of the molecule is COC(=O)c1cc(C(=O)OC)cc(S(=O)(=O)NCC2(C(N)=O)CCOCC2)c1. The Labute approximate surface area is 162 Å². The highest BCUT2D eigenvalue weighted by Crippen LogP contribution is 2.30. The first-order chi connectivity index (χ1) is 13.1. The van der Waals surface area contributed by atoms with Gasteiger partial charge in [0.25, 0.3) is 0 Å². The van der Waals surface area contributed by atoms with Gasteiger partial charge in [0.15, 0.2) is 0 Å². The Balaban J connectivity index is 2.37. The number of carbonyl (C=O) groups excluding carboxylic acids is 3. The Hall–Kier alpha value is -2.50. The number of ether oxygens (including phenoxy) is 3. The average molecular weight is 414 g/mol. The van der Waals surface area contributed by atoms with Crippen LogP contribution in [-0.2, 0) is 29.0 Å². The number of hydrogen-bond acceptors (Lipinski definition) is 8. The zero-order valence-corrected chi connectivity index (χ0v) is 16.3. The molecular formula is C17H22N2O8S. The lowest BCUT2D eigenvalue weighted by atomic mass is 9.80. The highest BCUT2D eigenvalue weighted by molar-refractivity contribution is 7.89. The predicted molar refractivity (Wildman–Crippen MR) is 96.0 cm³/mol. The van der Waals surface area contributed by atoms with E-state index >= 15 is 0 Å². The number of nitrogens with two attached hydrogens (primary N) is 1. The first-order valence-corrected chi connectivity index (χ1v) is 9.82. The molecule has 0 atom stereocenters. The quantitative estimate of drug-likeness (QED) is 0.583. The molecule has 0 bridgehead atoms. The highest BCUT2D eigenvalue weighted by atomic mass is 32.2. The molecule has 1 fully saturated rings. The minimum Gasteiger partial charge on any atom is -0.465 e. The van der Waals surface area contributed by atoms with Gasteiger partial charge in [-0.3, -0.25) is 4.79 Å². The average Bonchev–Trinajstić information content (AvgIpc) is 2.71. The van der Waals surface area contributed by atoms with Crippen LogP contribution in [0.1, 0.15) is 33.6 Å². The van der Waals surface area contributed by atoms with Gasteiger partial charge in [0.2, 0.25) is 15.9 Å². The van der Waals surface area contributed by atoms with E-state index in [1.165, 1.54) is 6.07 Å². The number of hydrogen-bond donors (Lipinski definition) is 2. The monoisotopic (exact) mass is 414 g/mol. The van der Waals surface area contributed by atoms with Crippen molar-refractivity contribution in [1.82, 2.24) is 4.72 Å². The van der Waals surface area contributed by atoms with Crippen LogP contribution in [-0.4, -0.2) is 60.2 Å². The molecule has 28 heavy (non-hydrogen) atoms. The maximum Gasteiger partial charge on any atom is 0.337 e. The van der Waals surface area contributed by atoms with Crippen molar-refractivity contribution in [3.8, 4) is 0 Å². The van der Waals surface area contributed by atoms with E-state index in [1.807, 2.05) is 0 Å². The summed E-state index contributed by atoms with van der Waals surface area (Å²) >= 11 is 0. The summed E-state index contributed by atoms with van der Waals surface area (Å²) in [5, 5.41) is 0. The molecule has 0 saturated carbocycles. The fraction of sp³-hybridized carbons (Fsp3) is 0.471. The molecule has 10 nitrogen and oxygen atoms in total. The molecule has 3 N–H and O–H groups in total. The second kappa shape index (κ2) is 8.67. The first-order valence-electron chi connectivity index (χ1n) is 8.34. The van der Waals surface area contributed by atoms with Crippen molar-refractivity contribution >= 4 is 27.9 Å². The van der Waals surface area contributed by atoms with Gasteiger partial charge in [-0.05, 0) is 31.0 Å². The number of primary amides is 1. The number of benzene rings is 1. The molecule has 1 aromatic carbocycles. The van der Waals surface area contributed by atoms with Crippen LogP contribution >= 0.6 is 0 Å². The van der Waals surface area contributed by atoms with Gasteiger partial charge in [-0.15, -0.1) is 0 Å². The zero-order chi connectivity index (χ0) is 20.9. The van der Waals surface area contributed by atoms with Crippen LogP contribution in [0, 0.1) is 5.41 Å². The Morgan fingerprint density at radius 3 is 2.00 bits per heavy atom. The third-order valence-electron chi connectivity index (χ3n) is 4.63. The number of nitrogens with one attached hydrogen (secondary N) is 1. The number of rotatable bonds is 7. The van der Waals surface area contributed by atoms with E-state index in [9.17, 15) is 22.8 Å². The van der Waals surface area contributed by atoms with Crippen molar-refractivity contribution in [2.75, 3.05) is 34.0 Å². The van der Waals surface area contributed by atoms with Crippen LogP contribution in [0.3, 0.4) is 0 Å². The molecule has 0 aliphatic carbocycles. The highest BCUT2D eigenvalue weighted by Gasteiger charge is 2.39. The van der Waals surface area contributed by atoms with Gasteiger partial charge < -0.3 is 19.9 Å². The van der Waals surface area contributed by atoms with Crippen molar-refractivity contribution in [3.05, 3.63) is 29.3 Å². The fourth-order valence-electron chi connectivity index (χ4n) is 2.81. The van der Waals surface area contributed by atoms with Gasteiger partial charge in [-0.2, -0.15) is 0 Å². The smallest absolute Gasteiger partial charge is 0.337 e. The van der Waals surface area contributed by atoms with E-state index in [1.54, 1.807) is 0 Å². The van der Waals surface area contributed by atoms with Crippen molar-refractivity contribution in [2.45, 2.75) is 17.7 Å². The van der Waals surface area contributed by atoms with Crippen LogP contribution in [0.4, 0.5) is 0 Å². The standard InChI is InChI=1S/C17H22N2O8S/c1-25-14(20)11-7-12(15(21)26-2)9-13(8-11)28(23,24)19-10-17(16(18)22)3-5-27-6-4-17/h7-9,19H,3-6,10H2,1-2H3,(H2,18,22). The summed E-state index contributed by atoms with van der Waals surface area (Å²) in [5.41, 5.74) is 4.13. The minimum atomic E-state index is -4.17. The van der Waals surface area contributed by atoms with Crippen LogP contribution in [0.25, 0.3) is 0 Å². The largest absolute Gasteiger partial charge is 0.465 e. The molecule has 1 saturated heterocycles. The third kappa shape index (κ3) is 4.66. The Bertz CT molecular complexity index is 841. The number of sulfonamides is 1. The van der Waals surface area contributed by atoms with Crippen molar-refractivity contribution in [3.63, 3.8) is 0 Å². The summed E-state index contributed by atoms with van der Waals surface area (Å²) in [6.45, 7) is 0.341. The molecule has 1 aliphatic heterocycles.